The van der Waals surface area contributed by atoms with Crippen molar-refractivity contribution in [1.82, 2.24) is 19.4 Å². The third kappa shape index (κ3) is 6.57. The van der Waals surface area contributed by atoms with E-state index in [1.807, 2.05) is 17.0 Å². The van der Waals surface area contributed by atoms with Crippen molar-refractivity contribution in [3.63, 3.8) is 0 Å². The first-order valence-corrected chi connectivity index (χ1v) is 14.2. The summed E-state index contributed by atoms with van der Waals surface area (Å²) in [5.41, 5.74) is 2.46. The van der Waals surface area contributed by atoms with Gasteiger partial charge in [0.15, 0.2) is 0 Å². The van der Waals surface area contributed by atoms with Crippen LogP contribution in [0.4, 0.5) is 0 Å². The Bertz CT molecular complexity index is 944. The lowest BCUT2D eigenvalue weighted by Gasteiger charge is -2.35. The average molecular weight is 493 g/mol. The largest absolute Gasteiger partial charge is 0.374 e. The zero-order valence-electron chi connectivity index (χ0n) is 20.7. The van der Waals surface area contributed by atoms with Crippen LogP contribution in [0.3, 0.4) is 0 Å². The van der Waals surface area contributed by atoms with Gasteiger partial charge in [-0.1, -0.05) is 19.9 Å². The van der Waals surface area contributed by atoms with Crippen LogP contribution < -0.4 is 5.32 Å². The van der Waals surface area contributed by atoms with Gasteiger partial charge in [-0.2, -0.15) is 4.31 Å². The smallest absolute Gasteiger partial charge is 0.243 e. The van der Waals surface area contributed by atoms with Gasteiger partial charge in [0.1, 0.15) is 0 Å². The van der Waals surface area contributed by atoms with E-state index in [1.165, 1.54) is 17.5 Å². The number of hydrogen-bond acceptors (Lipinski definition) is 6. The molecule has 0 unspecified atom stereocenters. The van der Waals surface area contributed by atoms with Crippen molar-refractivity contribution in [3.05, 3.63) is 29.3 Å². The lowest BCUT2D eigenvalue weighted by Crippen LogP contribution is -2.52. The highest BCUT2D eigenvalue weighted by Crippen LogP contribution is 2.26. The summed E-state index contributed by atoms with van der Waals surface area (Å²) in [6, 6.07) is 5.62. The molecule has 8 nitrogen and oxygen atoms in total. The van der Waals surface area contributed by atoms with E-state index in [4.69, 9.17) is 4.74 Å². The van der Waals surface area contributed by atoms with Gasteiger partial charge in [-0.25, -0.2) is 8.42 Å². The molecule has 1 amide bonds. The van der Waals surface area contributed by atoms with Gasteiger partial charge in [0.25, 0.3) is 0 Å². The van der Waals surface area contributed by atoms with E-state index in [2.05, 4.69) is 24.1 Å². The average Bonchev–Trinajstić information content (AvgIpc) is 2.82. The highest BCUT2D eigenvalue weighted by atomic mass is 32.2. The first-order chi connectivity index (χ1) is 16.3. The van der Waals surface area contributed by atoms with Crippen LogP contribution in [0.1, 0.15) is 37.8 Å². The first kappa shape index (κ1) is 25.6. The summed E-state index contributed by atoms with van der Waals surface area (Å²) in [6.07, 6.45) is 4.33. The number of amides is 1. The van der Waals surface area contributed by atoms with Crippen molar-refractivity contribution < 1.29 is 17.9 Å². The van der Waals surface area contributed by atoms with E-state index in [0.717, 1.165) is 38.9 Å². The van der Waals surface area contributed by atoms with Gasteiger partial charge in [-0.15, -0.1) is 0 Å². The Labute approximate surface area is 204 Å². The van der Waals surface area contributed by atoms with Gasteiger partial charge in [0, 0.05) is 52.4 Å². The van der Waals surface area contributed by atoms with Gasteiger partial charge in [-0.3, -0.25) is 14.6 Å². The zero-order valence-corrected chi connectivity index (χ0v) is 21.5. The summed E-state index contributed by atoms with van der Waals surface area (Å²) in [7, 11) is -3.50. The molecule has 34 heavy (non-hydrogen) atoms. The van der Waals surface area contributed by atoms with E-state index in [9.17, 15) is 13.2 Å². The second-order valence-electron chi connectivity index (χ2n) is 10.3. The molecule has 2 heterocycles. The van der Waals surface area contributed by atoms with E-state index < -0.39 is 10.0 Å². The molecule has 0 bridgehead atoms. The third-order valence-corrected chi connectivity index (χ3v) is 8.92. The maximum atomic E-state index is 13.2. The Hall–Kier alpha value is -1.52. The predicted octanol–water partition coefficient (Wildman–Crippen LogP) is 1.34. The highest BCUT2D eigenvalue weighted by molar-refractivity contribution is 7.89. The van der Waals surface area contributed by atoms with Crippen LogP contribution in [0, 0.1) is 5.92 Å². The van der Waals surface area contributed by atoms with Crippen LogP contribution in [-0.4, -0.2) is 100 Å². The van der Waals surface area contributed by atoms with Gasteiger partial charge < -0.3 is 10.1 Å². The topological polar surface area (TPSA) is 82.2 Å². The molecular formula is C25H40N4O4S. The summed E-state index contributed by atoms with van der Waals surface area (Å²) in [5.74, 6) is 0.582. The first-order valence-electron chi connectivity index (χ1n) is 12.8. The number of fused-ring (bicyclic) bond motifs is 1. The van der Waals surface area contributed by atoms with Crippen LogP contribution >= 0.6 is 0 Å². The summed E-state index contributed by atoms with van der Waals surface area (Å²) < 4.78 is 33.7. The second kappa shape index (κ2) is 11.5. The number of nitrogens with zero attached hydrogens (tertiary/aromatic N) is 3. The van der Waals surface area contributed by atoms with Crippen molar-refractivity contribution >= 4 is 15.9 Å². The summed E-state index contributed by atoms with van der Waals surface area (Å²) in [5, 5.41) is 3.01. The summed E-state index contributed by atoms with van der Waals surface area (Å²) >= 11 is 0. The normalized spacial score (nSPS) is 23.1. The van der Waals surface area contributed by atoms with Gasteiger partial charge in [-0.05, 0) is 54.9 Å². The fraction of sp³-hybridized carbons (Fsp3) is 0.720. The number of aryl methyl sites for hydroxylation is 2. The molecule has 1 atom stereocenters. The molecule has 2 fully saturated rings. The molecule has 1 aliphatic carbocycles. The Morgan fingerprint density at radius 3 is 2.53 bits per heavy atom. The molecule has 1 aromatic carbocycles. The van der Waals surface area contributed by atoms with Crippen LogP contribution in [0.2, 0.25) is 0 Å². The van der Waals surface area contributed by atoms with Crippen LogP contribution in [0.25, 0.3) is 0 Å². The molecule has 0 saturated carbocycles. The van der Waals surface area contributed by atoms with Gasteiger partial charge in [0.2, 0.25) is 15.9 Å². The molecule has 2 saturated heterocycles. The summed E-state index contributed by atoms with van der Waals surface area (Å²) in [4.78, 5) is 17.3. The molecule has 0 spiro atoms. The van der Waals surface area contributed by atoms with Crippen molar-refractivity contribution in [1.29, 1.82) is 0 Å². The maximum Gasteiger partial charge on any atom is 0.243 e. The molecule has 1 aromatic rings. The van der Waals surface area contributed by atoms with E-state index >= 15 is 0 Å². The number of rotatable bonds is 8. The number of piperazine rings is 1. The number of carbonyl (C=O) groups is 1. The molecule has 190 valence electrons. The lowest BCUT2D eigenvalue weighted by molar-refractivity contribution is -0.123. The zero-order chi connectivity index (χ0) is 24.1. The molecule has 9 heteroatoms. The van der Waals surface area contributed by atoms with E-state index in [0.29, 0.717) is 50.1 Å². The number of morpholine rings is 1. The van der Waals surface area contributed by atoms with E-state index in [1.54, 1.807) is 10.4 Å². The second-order valence-corrected chi connectivity index (χ2v) is 12.2. The fourth-order valence-corrected chi connectivity index (χ4v) is 6.69. The molecule has 3 aliphatic rings. The van der Waals surface area contributed by atoms with Gasteiger partial charge in [0.05, 0.1) is 24.2 Å². The number of carbonyl (C=O) groups excluding carboxylic acids is 1. The number of sulfonamides is 1. The Kier molecular flexibility index (Phi) is 8.63. The van der Waals surface area contributed by atoms with Crippen molar-refractivity contribution in [2.24, 2.45) is 5.92 Å². The Morgan fingerprint density at radius 1 is 1.06 bits per heavy atom. The monoisotopic (exact) mass is 492 g/mol. The SMILES string of the molecule is CC(C)CN1CCO[C@@H](CNC(=O)CN2CCN(S(=O)(=O)c3ccc4c(c3)CCCC4)CC2)C1. The minimum absolute atomic E-state index is 0.0232. The van der Waals surface area contributed by atoms with Crippen molar-refractivity contribution in [3.8, 4) is 0 Å². The molecule has 4 rings (SSSR count). The van der Waals surface area contributed by atoms with Crippen LogP contribution in [-0.2, 0) is 32.4 Å². The van der Waals surface area contributed by atoms with Crippen molar-refractivity contribution in [2.75, 3.05) is 65.5 Å². The Morgan fingerprint density at radius 2 is 1.79 bits per heavy atom. The molecule has 0 radical (unpaired) electrons. The number of hydrogen-bond donors (Lipinski definition) is 1. The molecular weight excluding hydrogens is 452 g/mol. The Balaban J connectivity index is 1.22. The number of ether oxygens (including phenoxy) is 1. The van der Waals surface area contributed by atoms with Crippen LogP contribution in [0.5, 0.6) is 0 Å². The van der Waals surface area contributed by atoms with Crippen LogP contribution in [0.15, 0.2) is 23.1 Å². The fourth-order valence-electron chi connectivity index (χ4n) is 5.22. The maximum absolute atomic E-state index is 13.2. The number of nitrogens with one attached hydrogen (secondary N) is 1. The number of benzene rings is 1. The molecule has 2 aliphatic heterocycles. The third-order valence-electron chi connectivity index (χ3n) is 7.03. The van der Waals surface area contributed by atoms with E-state index in [-0.39, 0.29) is 18.6 Å². The highest BCUT2D eigenvalue weighted by Gasteiger charge is 2.30. The molecule has 1 N–H and O–H groups in total. The molecule has 0 aromatic heterocycles. The summed E-state index contributed by atoms with van der Waals surface area (Å²) in [6.45, 7) is 10.7. The standard InChI is InChI=1S/C25H40N4O4S/c1-20(2)17-28-13-14-33-23(18-28)16-26-25(30)19-27-9-11-29(12-10-27)34(31,32)24-8-7-21-5-3-4-6-22(21)15-24/h7-8,15,20,23H,3-6,9-14,16-19H2,1-2H3,(H,26,30)/t23-/m0/s1. The quantitative estimate of drug-likeness (QED) is 0.590. The van der Waals surface area contributed by atoms with Crippen molar-refractivity contribution in [2.45, 2.75) is 50.5 Å². The van der Waals surface area contributed by atoms with Gasteiger partial charge >= 0.3 is 0 Å². The minimum Gasteiger partial charge on any atom is -0.374 e. The lowest BCUT2D eigenvalue weighted by atomic mass is 9.92. The minimum atomic E-state index is -3.50. The predicted molar refractivity (Wildman–Crippen MR) is 132 cm³/mol.